The fraction of sp³-hybridized carbons (Fsp3) is 0.500. The first-order valence-electron chi connectivity index (χ1n) is 10.6. The number of nitrogens with one attached hydrogen (secondary N) is 3. The van der Waals surface area contributed by atoms with Crippen LogP contribution in [0.25, 0.3) is 0 Å². The average Bonchev–Trinajstić information content (AvgIpc) is 3.43. The van der Waals surface area contributed by atoms with Crippen molar-refractivity contribution in [2.45, 2.75) is 38.5 Å². The lowest BCUT2D eigenvalue weighted by Crippen LogP contribution is -2.33. The number of rotatable bonds is 8. The Morgan fingerprint density at radius 3 is 2.69 bits per heavy atom. The van der Waals surface area contributed by atoms with Gasteiger partial charge in [0, 0.05) is 43.1 Å². The molecule has 3 N–H and O–H groups in total. The molecule has 1 aliphatic heterocycles. The standard InChI is InChI=1S/C22H30N6O/c1-15-13-20(23-2)27-22(25-15)26-17-7-8-18(16-5-6-16)19(14-17)21(29)24-9-12-28-10-3-4-11-28/h7-8,13-14,16H,3-6,9-12H2,1-2H3,(H,24,29)(H2,23,25,26,27). The summed E-state index contributed by atoms with van der Waals surface area (Å²) in [5, 5.41) is 9.41. The van der Waals surface area contributed by atoms with Crippen molar-refractivity contribution in [2.24, 2.45) is 0 Å². The highest BCUT2D eigenvalue weighted by Crippen LogP contribution is 2.42. The molecule has 1 aliphatic carbocycles. The molecule has 29 heavy (non-hydrogen) atoms. The third-order valence-electron chi connectivity index (χ3n) is 5.59. The zero-order valence-electron chi connectivity index (χ0n) is 17.3. The van der Waals surface area contributed by atoms with Crippen LogP contribution in [0.4, 0.5) is 17.5 Å². The van der Waals surface area contributed by atoms with Crippen LogP contribution in [0, 0.1) is 6.92 Å². The van der Waals surface area contributed by atoms with Crippen LogP contribution in [0.5, 0.6) is 0 Å². The molecule has 7 heteroatoms. The minimum absolute atomic E-state index is 0.0100. The first-order valence-corrected chi connectivity index (χ1v) is 10.6. The van der Waals surface area contributed by atoms with Gasteiger partial charge in [-0.3, -0.25) is 4.79 Å². The topological polar surface area (TPSA) is 82.2 Å². The quantitative estimate of drug-likeness (QED) is 0.637. The molecule has 0 radical (unpaired) electrons. The summed E-state index contributed by atoms with van der Waals surface area (Å²) < 4.78 is 0. The van der Waals surface area contributed by atoms with Crippen LogP contribution >= 0.6 is 0 Å². The summed E-state index contributed by atoms with van der Waals surface area (Å²) in [6, 6.07) is 7.91. The minimum Gasteiger partial charge on any atom is -0.373 e. The van der Waals surface area contributed by atoms with Crippen molar-refractivity contribution in [2.75, 3.05) is 43.9 Å². The number of amides is 1. The Morgan fingerprint density at radius 2 is 1.97 bits per heavy atom. The number of hydrogen-bond donors (Lipinski definition) is 3. The molecule has 2 fully saturated rings. The fourth-order valence-electron chi connectivity index (χ4n) is 3.89. The Balaban J connectivity index is 1.48. The lowest BCUT2D eigenvalue weighted by Gasteiger charge is -2.16. The molecular formula is C22H30N6O. The maximum absolute atomic E-state index is 12.9. The van der Waals surface area contributed by atoms with Crippen LogP contribution < -0.4 is 16.0 Å². The Labute approximate surface area is 172 Å². The van der Waals surface area contributed by atoms with Crippen LogP contribution in [0.3, 0.4) is 0 Å². The summed E-state index contributed by atoms with van der Waals surface area (Å²) in [4.78, 5) is 24.2. The zero-order valence-corrected chi connectivity index (χ0v) is 17.3. The van der Waals surface area contributed by atoms with Crippen LogP contribution in [0.1, 0.15) is 53.2 Å². The van der Waals surface area contributed by atoms with E-state index in [9.17, 15) is 4.79 Å². The Morgan fingerprint density at radius 1 is 1.17 bits per heavy atom. The number of anilines is 3. The van der Waals surface area contributed by atoms with Gasteiger partial charge in [-0.2, -0.15) is 4.98 Å². The van der Waals surface area contributed by atoms with E-state index in [1.165, 1.54) is 12.8 Å². The van der Waals surface area contributed by atoms with Gasteiger partial charge in [-0.25, -0.2) is 4.98 Å². The van der Waals surface area contributed by atoms with E-state index >= 15 is 0 Å². The van der Waals surface area contributed by atoms with Gasteiger partial charge in [-0.05, 0) is 69.3 Å². The zero-order chi connectivity index (χ0) is 20.2. The van der Waals surface area contributed by atoms with E-state index in [4.69, 9.17) is 0 Å². The Kier molecular flexibility index (Phi) is 5.94. The smallest absolute Gasteiger partial charge is 0.251 e. The van der Waals surface area contributed by atoms with E-state index in [0.717, 1.165) is 60.8 Å². The van der Waals surface area contributed by atoms with Gasteiger partial charge < -0.3 is 20.9 Å². The second-order valence-electron chi connectivity index (χ2n) is 7.97. The number of carbonyl (C=O) groups is 1. The van der Waals surface area contributed by atoms with E-state index in [1.54, 1.807) is 0 Å². The van der Waals surface area contributed by atoms with E-state index in [-0.39, 0.29) is 5.91 Å². The average molecular weight is 395 g/mol. The second-order valence-corrected chi connectivity index (χ2v) is 7.97. The third-order valence-corrected chi connectivity index (χ3v) is 5.59. The van der Waals surface area contributed by atoms with Crippen LogP contribution in [-0.4, -0.2) is 54.0 Å². The highest BCUT2D eigenvalue weighted by atomic mass is 16.1. The summed E-state index contributed by atoms with van der Waals surface area (Å²) in [7, 11) is 1.83. The molecule has 1 amide bonds. The molecule has 0 bridgehead atoms. The monoisotopic (exact) mass is 394 g/mol. The SMILES string of the molecule is CNc1cc(C)nc(Nc2ccc(C3CC3)c(C(=O)NCCN3CCCC3)c2)n1. The number of likely N-dealkylation sites (tertiary alicyclic amines) is 1. The molecule has 1 aromatic carbocycles. The first kappa shape index (κ1) is 19.6. The molecule has 1 saturated heterocycles. The molecule has 0 unspecified atom stereocenters. The summed E-state index contributed by atoms with van der Waals surface area (Å²) in [6.07, 6.45) is 4.86. The number of hydrogen-bond acceptors (Lipinski definition) is 6. The van der Waals surface area contributed by atoms with Gasteiger partial charge in [-0.15, -0.1) is 0 Å². The first-order chi connectivity index (χ1) is 14.1. The molecule has 4 rings (SSSR count). The minimum atomic E-state index is 0.0100. The molecule has 2 aliphatic rings. The summed E-state index contributed by atoms with van der Waals surface area (Å²) in [5.41, 5.74) is 3.61. The van der Waals surface area contributed by atoms with Gasteiger partial charge in [0.05, 0.1) is 0 Å². The van der Waals surface area contributed by atoms with Gasteiger partial charge in [0.25, 0.3) is 5.91 Å². The van der Waals surface area contributed by atoms with Crippen molar-refractivity contribution < 1.29 is 4.79 Å². The normalized spacial score (nSPS) is 16.6. The van der Waals surface area contributed by atoms with E-state index in [2.05, 4.69) is 36.9 Å². The summed E-state index contributed by atoms with van der Waals surface area (Å²) >= 11 is 0. The van der Waals surface area contributed by atoms with Gasteiger partial charge in [0.2, 0.25) is 5.95 Å². The lowest BCUT2D eigenvalue weighted by molar-refractivity contribution is 0.0949. The number of carbonyl (C=O) groups excluding carboxylic acids is 1. The molecule has 2 heterocycles. The summed E-state index contributed by atoms with van der Waals surface area (Å²) in [6.45, 7) is 5.84. The van der Waals surface area contributed by atoms with E-state index in [1.807, 2.05) is 32.2 Å². The van der Waals surface area contributed by atoms with Gasteiger partial charge in [-0.1, -0.05) is 6.07 Å². The van der Waals surface area contributed by atoms with Crippen molar-refractivity contribution in [3.63, 3.8) is 0 Å². The number of aryl methyl sites for hydroxylation is 1. The summed E-state index contributed by atoms with van der Waals surface area (Å²) in [5.74, 6) is 1.80. The molecule has 0 spiro atoms. The Bertz CT molecular complexity index is 874. The molecule has 154 valence electrons. The van der Waals surface area contributed by atoms with Crippen LogP contribution in [0.2, 0.25) is 0 Å². The van der Waals surface area contributed by atoms with Crippen molar-refractivity contribution >= 4 is 23.4 Å². The lowest BCUT2D eigenvalue weighted by atomic mass is 10.0. The van der Waals surface area contributed by atoms with E-state index < -0.39 is 0 Å². The van der Waals surface area contributed by atoms with Gasteiger partial charge in [0.15, 0.2) is 0 Å². The van der Waals surface area contributed by atoms with Crippen molar-refractivity contribution in [1.29, 1.82) is 0 Å². The van der Waals surface area contributed by atoms with Gasteiger partial charge >= 0.3 is 0 Å². The van der Waals surface area contributed by atoms with Gasteiger partial charge in [0.1, 0.15) is 5.82 Å². The highest BCUT2D eigenvalue weighted by Gasteiger charge is 2.28. The fourth-order valence-corrected chi connectivity index (χ4v) is 3.89. The van der Waals surface area contributed by atoms with Crippen molar-refractivity contribution in [1.82, 2.24) is 20.2 Å². The van der Waals surface area contributed by atoms with Crippen LogP contribution in [-0.2, 0) is 0 Å². The molecule has 0 atom stereocenters. The second kappa shape index (κ2) is 8.78. The Hall–Kier alpha value is -2.67. The highest BCUT2D eigenvalue weighted by molar-refractivity contribution is 5.97. The van der Waals surface area contributed by atoms with E-state index in [0.29, 0.717) is 18.4 Å². The predicted octanol–water partition coefficient (Wildman–Crippen LogP) is 3.27. The number of benzene rings is 1. The maximum atomic E-state index is 12.9. The predicted molar refractivity (Wildman–Crippen MR) is 116 cm³/mol. The van der Waals surface area contributed by atoms with Crippen LogP contribution in [0.15, 0.2) is 24.3 Å². The molecule has 7 nitrogen and oxygen atoms in total. The molecule has 1 aromatic heterocycles. The number of nitrogens with zero attached hydrogens (tertiary/aromatic N) is 3. The molecule has 2 aromatic rings. The largest absolute Gasteiger partial charge is 0.373 e. The van der Waals surface area contributed by atoms with Crippen molar-refractivity contribution in [3.8, 4) is 0 Å². The molecular weight excluding hydrogens is 364 g/mol. The maximum Gasteiger partial charge on any atom is 0.251 e. The third kappa shape index (κ3) is 5.03. The number of aromatic nitrogens is 2. The van der Waals surface area contributed by atoms with Crippen molar-refractivity contribution in [3.05, 3.63) is 41.1 Å². The molecule has 1 saturated carbocycles.